The SMILES string of the molecule is Cc1cccnc1NC(=O)C1CC1c1ccccc1C(F)(F)F. The zero-order chi connectivity index (χ0) is 16.6. The number of amides is 1. The van der Waals surface area contributed by atoms with E-state index in [1.807, 2.05) is 13.0 Å². The summed E-state index contributed by atoms with van der Waals surface area (Å²) >= 11 is 0. The van der Waals surface area contributed by atoms with Gasteiger partial charge in [0.25, 0.3) is 0 Å². The van der Waals surface area contributed by atoms with Gasteiger partial charge < -0.3 is 5.32 Å². The van der Waals surface area contributed by atoms with E-state index >= 15 is 0 Å². The lowest BCUT2D eigenvalue weighted by Crippen LogP contribution is -2.17. The molecule has 1 amide bonds. The first kappa shape index (κ1) is 15.5. The molecule has 1 heterocycles. The van der Waals surface area contributed by atoms with Crippen LogP contribution in [0, 0.1) is 12.8 Å². The van der Waals surface area contributed by atoms with Crippen LogP contribution in [-0.2, 0) is 11.0 Å². The van der Waals surface area contributed by atoms with Crippen molar-refractivity contribution in [3.8, 4) is 0 Å². The molecule has 120 valence electrons. The normalized spacial score (nSPS) is 20.2. The number of carbonyl (C=O) groups is 1. The van der Waals surface area contributed by atoms with Crippen LogP contribution < -0.4 is 5.32 Å². The second kappa shape index (κ2) is 5.68. The number of aromatic nitrogens is 1. The summed E-state index contributed by atoms with van der Waals surface area (Å²) in [5.41, 5.74) is 0.348. The number of halogens is 3. The highest BCUT2D eigenvalue weighted by atomic mass is 19.4. The molecule has 0 radical (unpaired) electrons. The van der Waals surface area contributed by atoms with Gasteiger partial charge in [0, 0.05) is 12.1 Å². The minimum atomic E-state index is -4.40. The van der Waals surface area contributed by atoms with Gasteiger partial charge in [0.1, 0.15) is 5.82 Å². The molecule has 2 aromatic rings. The van der Waals surface area contributed by atoms with Crippen LogP contribution in [0.1, 0.15) is 29.0 Å². The molecule has 0 bridgehead atoms. The quantitative estimate of drug-likeness (QED) is 0.923. The van der Waals surface area contributed by atoms with Gasteiger partial charge in [-0.2, -0.15) is 13.2 Å². The average molecular weight is 320 g/mol. The second-order valence-electron chi connectivity index (χ2n) is 5.69. The van der Waals surface area contributed by atoms with E-state index in [0.29, 0.717) is 12.2 Å². The van der Waals surface area contributed by atoms with Crippen molar-refractivity contribution in [2.45, 2.75) is 25.4 Å². The molecular weight excluding hydrogens is 305 g/mol. The summed E-state index contributed by atoms with van der Waals surface area (Å²) in [6, 6.07) is 9.01. The van der Waals surface area contributed by atoms with Crippen LogP contribution in [0.25, 0.3) is 0 Å². The number of nitrogens with zero attached hydrogens (tertiary/aromatic N) is 1. The zero-order valence-electron chi connectivity index (χ0n) is 12.4. The Hall–Kier alpha value is -2.37. The molecule has 3 nitrogen and oxygen atoms in total. The largest absolute Gasteiger partial charge is 0.416 e. The number of nitrogens with one attached hydrogen (secondary N) is 1. The monoisotopic (exact) mass is 320 g/mol. The average Bonchev–Trinajstić information content (AvgIpc) is 3.29. The highest BCUT2D eigenvalue weighted by Crippen LogP contribution is 2.51. The smallest absolute Gasteiger partial charge is 0.310 e. The molecule has 1 fully saturated rings. The van der Waals surface area contributed by atoms with Crippen LogP contribution in [-0.4, -0.2) is 10.9 Å². The standard InChI is InChI=1S/C17H15F3N2O/c1-10-5-4-8-21-15(10)22-16(23)13-9-12(13)11-6-2-3-7-14(11)17(18,19)20/h2-8,12-13H,9H2,1H3,(H,21,22,23). The van der Waals surface area contributed by atoms with Crippen LogP contribution in [0.15, 0.2) is 42.6 Å². The van der Waals surface area contributed by atoms with Gasteiger partial charge in [0.15, 0.2) is 0 Å². The van der Waals surface area contributed by atoms with Crippen molar-refractivity contribution in [1.82, 2.24) is 4.98 Å². The van der Waals surface area contributed by atoms with E-state index in [9.17, 15) is 18.0 Å². The van der Waals surface area contributed by atoms with Crippen molar-refractivity contribution in [1.29, 1.82) is 0 Å². The Bertz CT molecular complexity index is 743. The van der Waals surface area contributed by atoms with Gasteiger partial charge in [-0.3, -0.25) is 4.79 Å². The maximum Gasteiger partial charge on any atom is 0.416 e. The lowest BCUT2D eigenvalue weighted by molar-refractivity contribution is -0.138. The van der Waals surface area contributed by atoms with E-state index in [-0.39, 0.29) is 11.5 Å². The minimum absolute atomic E-state index is 0.192. The Labute approximate surface area is 131 Å². The van der Waals surface area contributed by atoms with Gasteiger partial charge in [-0.25, -0.2) is 4.98 Å². The van der Waals surface area contributed by atoms with Crippen molar-refractivity contribution in [2.75, 3.05) is 5.32 Å². The van der Waals surface area contributed by atoms with Crippen molar-refractivity contribution in [3.63, 3.8) is 0 Å². The Kier molecular flexibility index (Phi) is 3.83. The zero-order valence-corrected chi connectivity index (χ0v) is 12.4. The number of hydrogen-bond donors (Lipinski definition) is 1. The molecule has 1 aliphatic carbocycles. The third kappa shape index (κ3) is 3.21. The number of carbonyl (C=O) groups excluding carboxylic acids is 1. The number of hydrogen-bond acceptors (Lipinski definition) is 2. The third-order valence-electron chi connectivity index (χ3n) is 4.04. The molecule has 1 saturated carbocycles. The van der Waals surface area contributed by atoms with Gasteiger partial charge in [-0.05, 0) is 42.5 Å². The maximum atomic E-state index is 13.1. The van der Waals surface area contributed by atoms with Gasteiger partial charge >= 0.3 is 6.18 Å². The third-order valence-corrected chi connectivity index (χ3v) is 4.04. The summed E-state index contributed by atoms with van der Waals surface area (Å²) < 4.78 is 39.2. The molecule has 23 heavy (non-hydrogen) atoms. The molecule has 2 atom stereocenters. The van der Waals surface area contributed by atoms with Crippen molar-refractivity contribution >= 4 is 11.7 Å². The Morgan fingerprint density at radius 3 is 2.65 bits per heavy atom. The Morgan fingerprint density at radius 1 is 1.22 bits per heavy atom. The first-order valence-electron chi connectivity index (χ1n) is 7.26. The molecule has 1 aromatic heterocycles. The Morgan fingerprint density at radius 2 is 1.96 bits per heavy atom. The fourth-order valence-corrected chi connectivity index (χ4v) is 2.73. The van der Waals surface area contributed by atoms with Crippen LogP contribution in [0.3, 0.4) is 0 Å². The fraction of sp³-hybridized carbons (Fsp3) is 0.294. The second-order valence-corrected chi connectivity index (χ2v) is 5.69. The van der Waals surface area contributed by atoms with Crippen LogP contribution in [0.5, 0.6) is 0 Å². The van der Waals surface area contributed by atoms with Gasteiger partial charge in [-0.15, -0.1) is 0 Å². The van der Waals surface area contributed by atoms with Crippen LogP contribution in [0.4, 0.5) is 19.0 Å². The van der Waals surface area contributed by atoms with Crippen molar-refractivity contribution in [2.24, 2.45) is 5.92 Å². The molecule has 1 N–H and O–H groups in total. The molecule has 6 heteroatoms. The summed E-state index contributed by atoms with van der Waals surface area (Å²) in [4.78, 5) is 16.3. The van der Waals surface area contributed by atoms with Crippen LogP contribution in [0.2, 0.25) is 0 Å². The van der Waals surface area contributed by atoms with E-state index in [0.717, 1.165) is 11.6 Å². The minimum Gasteiger partial charge on any atom is -0.310 e. The lowest BCUT2D eigenvalue weighted by atomic mass is 10.0. The summed E-state index contributed by atoms with van der Waals surface area (Å²) in [7, 11) is 0. The van der Waals surface area contributed by atoms with E-state index in [4.69, 9.17) is 0 Å². The summed E-state index contributed by atoms with van der Waals surface area (Å²) in [6.45, 7) is 1.81. The van der Waals surface area contributed by atoms with E-state index in [1.165, 1.54) is 12.1 Å². The molecular formula is C17H15F3N2O. The first-order valence-corrected chi connectivity index (χ1v) is 7.26. The highest BCUT2D eigenvalue weighted by Gasteiger charge is 2.47. The Balaban J connectivity index is 1.75. The van der Waals surface area contributed by atoms with E-state index < -0.39 is 23.6 Å². The van der Waals surface area contributed by atoms with Gasteiger partial charge in [0.05, 0.1) is 5.56 Å². The molecule has 0 saturated heterocycles. The lowest BCUT2D eigenvalue weighted by Gasteiger charge is -2.12. The number of aryl methyl sites for hydroxylation is 1. The number of pyridine rings is 1. The van der Waals surface area contributed by atoms with Crippen molar-refractivity contribution in [3.05, 3.63) is 59.3 Å². The van der Waals surface area contributed by atoms with Gasteiger partial charge in [0.2, 0.25) is 5.91 Å². The molecule has 2 unspecified atom stereocenters. The van der Waals surface area contributed by atoms with Gasteiger partial charge in [-0.1, -0.05) is 24.3 Å². The topological polar surface area (TPSA) is 42.0 Å². The van der Waals surface area contributed by atoms with E-state index in [1.54, 1.807) is 18.3 Å². The highest BCUT2D eigenvalue weighted by molar-refractivity contribution is 5.95. The number of rotatable bonds is 3. The predicted octanol–water partition coefficient (Wildman–Crippen LogP) is 4.15. The summed E-state index contributed by atoms with van der Waals surface area (Å²) in [5, 5.41) is 2.70. The number of alkyl halides is 3. The predicted molar refractivity (Wildman–Crippen MR) is 79.9 cm³/mol. The molecule has 1 aromatic carbocycles. The summed E-state index contributed by atoms with van der Waals surface area (Å²) in [6.07, 6.45) is -2.42. The molecule has 1 aliphatic rings. The fourth-order valence-electron chi connectivity index (χ4n) is 2.73. The van der Waals surface area contributed by atoms with E-state index in [2.05, 4.69) is 10.3 Å². The van der Waals surface area contributed by atoms with Crippen molar-refractivity contribution < 1.29 is 18.0 Å². The number of anilines is 1. The summed E-state index contributed by atoms with van der Waals surface area (Å²) in [5.74, 6) is -0.669. The number of benzene rings is 1. The van der Waals surface area contributed by atoms with Crippen LogP contribution >= 0.6 is 0 Å². The first-order chi connectivity index (χ1) is 10.9. The molecule has 3 rings (SSSR count). The maximum absolute atomic E-state index is 13.1. The molecule has 0 aliphatic heterocycles. The molecule has 0 spiro atoms.